The van der Waals surface area contributed by atoms with Crippen LogP contribution in [0.5, 0.6) is 0 Å². The molecule has 0 bridgehead atoms. The Morgan fingerprint density at radius 1 is 1.12 bits per heavy atom. The van der Waals surface area contributed by atoms with Gasteiger partial charge in [-0.15, -0.1) is 0 Å². The number of benzene rings is 2. The zero-order valence-corrected chi connectivity index (χ0v) is 15.1. The summed E-state index contributed by atoms with van der Waals surface area (Å²) in [6.45, 7) is 6.76. The predicted octanol–water partition coefficient (Wildman–Crippen LogP) is -0.302. The molecule has 0 saturated heterocycles. The highest BCUT2D eigenvalue weighted by molar-refractivity contribution is 5.89. The van der Waals surface area contributed by atoms with Crippen molar-refractivity contribution >= 4 is 22.8 Å². The molecular formula is C20H24N6+2. The van der Waals surface area contributed by atoms with E-state index in [1.165, 1.54) is 16.0 Å². The predicted molar refractivity (Wildman–Crippen MR) is 103 cm³/mol. The highest BCUT2D eigenvalue weighted by Crippen LogP contribution is 2.18. The van der Waals surface area contributed by atoms with Gasteiger partial charge < -0.3 is 0 Å². The van der Waals surface area contributed by atoms with E-state index in [0.717, 1.165) is 42.4 Å². The molecule has 6 heteroatoms. The van der Waals surface area contributed by atoms with Crippen molar-refractivity contribution in [2.45, 2.75) is 20.4 Å². The maximum absolute atomic E-state index is 4.65. The number of aromatic nitrogens is 2. The van der Waals surface area contributed by atoms with Crippen molar-refractivity contribution in [2.75, 3.05) is 18.7 Å². The topological polar surface area (TPSA) is 68.2 Å². The van der Waals surface area contributed by atoms with Gasteiger partial charge in [-0.1, -0.05) is 42.5 Å². The minimum atomic E-state index is 0.613. The molecule has 132 valence electrons. The maximum Gasteiger partial charge on any atom is 0.359 e. The number of nitrogens with zero attached hydrogens (tertiary/aromatic N) is 2. The molecule has 0 radical (unpaired) electrons. The van der Waals surface area contributed by atoms with E-state index in [1.807, 2.05) is 13.0 Å². The summed E-state index contributed by atoms with van der Waals surface area (Å²) in [5.74, 6) is 1.47. The van der Waals surface area contributed by atoms with E-state index in [-0.39, 0.29) is 0 Å². The first kappa shape index (κ1) is 16.5. The van der Waals surface area contributed by atoms with Crippen molar-refractivity contribution in [1.29, 1.82) is 0 Å². The van der Waals surface area contributed by atoms with Crippen LogP contribution in [-0.4, -0.2) is 29.3 Å². The Morgan fingerprint density at radius 3 is 2.73 bits per heavy atom. The number of hydrogen-bond donors (Lipinski definition) is 4. The summed E-state index contributed by atoms with van der Waals surface area (Å²) < 4.78 is 0. The van der Waals surface area contributed by atoms with Crippen LogP contribution in [0.2, 0.25) is 0 Å². The molecule has 26 heavy (non-hydrogen) atoms. The van der Waals surface area contributed by atoms with E-state index >= 15 is 0 Å². The van der Waals surface area contributed by atoms with Gasteiger partial charge in [0.1, 0.15) is 6.54 Å². The number of guanidine groups is 1. The summed E-state index contributed by atoms with van der Waals surface area (Å²) in [7, 11) is 0. The number of hydrogen-bond acceptors (Lipinski definition) is 4. The van der Waals surface area contributed by atoms with Crippen molar-refractivity contribution in [2.24, 2.45) is 0 Å². The largest absolute Gasteiger partial charge is 0.359 e. The van der Waals surface area contributed by atoms with Crippen LogP contribution in [0.4, 0.5) is 5.95 Å². The summed E-state index contributed by atoms with van der Waals surface area (Å²) in [4.78, 5) is 14.0. The lowest BCUT2D eigenvalue weighted by Gasteiger charge is -2.20. The number of nitrogens with one attached hydrogen (secondary N) is 4. The number of anilines is 1. The molecular weight excluding hydrogens is 324 g/mol. The zero-order chi connectivity index (χ0) is 17.9. The molecule has 2 aromatic carbocycles. The summed E-state index contributed by atoms with van der Waals surface area (Å²) in [6.07, 6.45) is 0. The van der Waals surface area contributed by atoms with Crippen LogP contribution in [0.1, 0.15) is 16.8 Å². The fourth-order valence-corrected chi connectivity index (χ4v) is 3.22. The number of rotatable bonds is 3. The summed E-state index contributed by atoms with van der Waals surface area (Å²) >= 11 is 0. The lowest BCUT2D eigenvalue weighted by atomic mass is 10.1. The van der Waals surface area contributed by atoms with Crippen LogP contribution in [0.25, 0.3) is 10.9 Å². The van der Waals surface area contributed by atoms with Crippen LogP contribution in [-0.2, 0) is 6.54 Å². The first-order chi connectivity index (χ1) is 12.7. The van der Waals surface area contributed by atoms with Gasteiger partial charge in [0.2, 0.25) is 0 Å². The number of fused-ring (bicyclic) bond motifs is 1. The fourth-order valence-electron chi connectivity index (χ4n) is 3.22. The first-order valence-electron chi connectivity index (χ1n) is 8.91. The van der Waals surface area contributed by atoms with E-state index in [0.29, 0.717) is 5.95 Å². The maximum atomic E-state index is 4.65. The molecule has 0 fully saturated rings. The average Bonchev–Trinajstić information content (AvgIpc) is 2.64. The lowest BCUT2D eigenvalue weighted by molar-refractivity contribution is -0.991. The number of quaternary nitrogens is 1. The van der Waals surface area contributed by atoms with E-state index < -0.39 is 0 Å². The second kappa shape index (κ2) is 7.09. The standard InChI is InChI=1S/C20H22N6/c1-14-8-9-17-15(2)23-20(24-18(17)10-14)25-19-21-12-26(13-22-19)11-16-6-4-3-5-7-16/h3-10H,11-13H2,1-2H3,(H2,21,22,23,24,25)/p+2. The molecule has 6 nitrogen and oxygen atoms in total. The first-order valence-corrected chi connectivity index (χ1v) is 8.91. The van der Waals surface area contributed by atoms with Crippen LogP contribution < -0.4 is 20.5 Å². The molecule has 1 aromatic heterocycles. The molecule has 0 saturated carbocycles. The highest BCUT2D eigenvalue weighted by Gasteiger charge is 2.21. The fraction of sp³-hybridized carbons (Fsp3) is 0.250. The van der Waals surface area contributed by atoms with Crippen molar-refractivity contribution in [1.82, 2.24) is 15.3 Å². The normalized spacial score (nSPS) is 16.8. The molecule has 1 atom stereocenters. The second-order valence-corrected chi connectivity index (χ2v) is 6.77. The second-order valence-electron chi connectivity index (χ2n) is 6.77. The summed E-state index contributed by atoms with van der Waals surface area (Å²) in [5, 5.41) is 7.76. The SMILES string of the molecule is Cc1ccc2c(C)nc(NC3=[NH+]C[NH+](Cc4ccccc4)CN3)nc2c1. The molecule has 1 aliphatic heterocycles. The van der Waals surface area contributed by atoms with E-state index in [1.54, 1.807) is 0 Å². The molecule has 1 unspecified atom stereocenters. The van der Waals surface area contributed by atoms with Crippen LogP contribution in [0, 0.1) is 13.8 Å². The molecule has 0 spiro atoms. The Labute approximate surface area is 153 Å². The van der Waals surface area contributed by atoms with Crippen molar-refractivity contribution in [3.63, 3.8) is 0 Å². The molecule has 0 amide bonds. The Balaban J connectivity index is 1.45. The lowest BCUT2D eigenvalue weighted by Crippen LogP contribution is -3.23. The third-order valence-electron chi connectivity index (χ3n) is 4.61. The average molecular weight is 348 g/mol. The van der Waals surface area contributed by atoms with Gasteiger partial charge in [-0.05, 0) is 25.5 Å². The molecule has 0 aliphatic carbocycles. The van der Waals surface area contributed by atoms with Gasteiger partial charge in [-0.25, -0.2) is 20.6 Å². The van der Waals surface area contributed by atoms with Gasteiger partial charge in [0.25, 0.3) is 5.95 Å². The van der Waals surface area contributed by atoms with Crippen molar-refractivity contribution < 1.29 is 9.89 Å². The smallest absolute Gasteiger partial charge is 0.273 e. The monoisotopic (exact) mass is 348 g/mol. The quantitative estimate of drug-likeness (QED) is 0.525. The Morgan fingerprint density at radius 2 is 1.96 bits per heavy atom. The van der Waals surface area contributed by atoms with Crippen molar-refractivity contribution in [3.8, 4) is 0 Å². The van der Waals surface area contributed by atoms with Gasteiger partial charge in [0, 0.05) is 10.9 Å². The van der Waals surface area contributed by atoms with Gasteiger partial charge >= 0.3 is 5.96 Å². The van der Waals surface area contributed by atoms with Gasteiger partial charge in [-0.2, -0.15) is 4.98 Å². The molecule has 3 aromatic rings. The minimum Gasteiger partial charge on any atom is -0.273 e. The van der Waals surface area contributed by atoms with Gasteiger partial charge in [0.05, 0.1) is 11.2 Å². The van der Waals surface area contributed by atoms with Gasteiger partial charge in [-0.3, -0.25) is 4.90 Å². The third-order valence-corrected chi connectivity index (χ3v) is 4.61. The third kappa shape index (κ3) is 3.65. The highest BCUT2D eigenvalue weighted by atomic mass is 15.4. The Bertz CT molecular complexity index is 951. The molecule has 4 N–H and O–H groups in total. The van der Waals surface area contributed by atoms with Crippen LogP contribution in [0.3, 0.4) is 0 Å². The van der Waals surface area contributed by atoms with E-state index in [2.05, 4.69) is 75.0 Å². The molecule has 1 aliphatic rings. The Hall–Kier alpha value is -2.99. The minimum absolute atomic E-state index is 0.613. The molecule has 2 heterocycles. The van der Waals surface area contributed by atoms with Crippen LogP contribution in [0.15, 0.2) is 48.5 Å². The van der Waals surface area contributed by atoms with Gasteiger partial charge in [0.15, 0.2) is 13.3 Å². The van der Waals surface area contributed by atoms with E-state index in [4.69, 9.17) is 0 Å². The van der Waals surface area contributed by atoms with E-state index in [9.17, 15) is 0 Å². The summed E-state index contributed by atoms with van der Waals surface area (Å²) in [6, 6.07) is 16.8. The zero-order valence-electron chi connectivity index (χ0n) is 15.1. The Kier molecular flexibility index (Phi) is 4.50. The van der Waals surface area contributed by atoms with Crippen LogP contribution >= 0.6 is 0 Å². The summed E-state index contributed by atoms with van der Waals surface area (Å²) in [5.41, 5.74) is 4.48. The number of aryl methyl sites for hydroxylation is 2. The molecule has 4 rings (SSSR count). The van der Waals surface area contributed by atoms with Crippen molar-refractivity contribution in [3.05, 3.63) is 65.4 Å².